The van der Waals surface area contributed by atoms with E-state index >= 15 is 0 Å². The van der Waals surface area contributed by atoms with Crippen molar-refractivity contribution in [2.75, 3.05) is 18.0 Å². The Bertz CT molecular complexity index is 734. The molecule has 1 saturated heterocycles. The van der Waals surface area contributed by atoms with Gasteiger partial charge in [0.15, 0.2) is 0 Å². The van der Waals surface area contributed by atoms with Crippen molar-refractivity contribution >= 4 is 11.4 Å². The van der Waals surface area contributed by atoms with Gasteiger partial charge in [-0.3, -0.25) is 10.1 Å². The number of benzene rings is 2. The van der Waals surface area contributed by atoms with E-state index in [0.717, 1.165) is 29.8 Å². The molecule has 0 atom stereocenters. The Balaban J connectivity index is 1.93. The van der Waals surface area contributed by atoms with Crippen LogP contribution in [0, 0.1) is 24.0 Å². The van der Waals surface area contributed by atoms with Crippen LogP contribution in [0.4, 0.5) is 11.4 Å². The van der Waals surface area contributed by atoms with Crippen molar-refractivity contribution in [1.82, 2.24) is 0 Å². The molecule has 2 aromatic rings. The van der Waals surface area contributed by atoms with Gasteiger partial charge in [-0.15, -0.1) is 0 Å². The highest BCUT2D eigenvalue weighted by molar-refractivity contribution is 5.74. The molecule has 1 fully saturated rings. The Hall–Kier alpha value is -2.36. The maximum atomic E-state index is 10.9. The van der Waals surface area contributed by atoms with Gasteiger partial charge in [0.25, 0.3) is 5.69 Å². The highest BCUT2D eigenvalue weighted by Crippen LogP contribution is 2.32. The number of nitro benzene ring substituents is 1. The predicted octanol–water partition coefficient (Wildman–Crippen LogP) is 4.87. The lowest BCUT2D eigenvalue weighted by molar-refractivity contribution is -0.384. The minimum Gasteiger partial charge on any atom is -0.372 e. The molecule has 1 heterocycles. The SMILES string of the molecule is Cc1cc(N2CCCCC2)ccc1-c1ccc([N+](=O)[O-])cc1C. The Morgan fingerprint density at radius 1 is 0.913 bits per heavy atom. The zero-order chi connectivity index (χ0) is 16.4. The molecule has 23 heavy (non-hydrogen) atoms. The normalized spacial score (nSPS) is 14.8. The molecule has 3 rings (SSSR count). The van der Waals surface area contributed by atoms with Gasteiger partial charge in [-0.25, -0.2) is 0 Å². The van der Waals surface area contributed by atoms with Crippen molar-refractivity contribution in [2.45, 2.75) is 33.1 Å². The van der Waals surface area contributed by atoms with Gasteiger partial charge in [0.05, 0.1) is 4.92 Å². The fourth-order valence-electron chi connectivity index (χ4n) is 3.36. The van der Waals surface area contributed by atoms with Crippen molar-refractivity contribution in [1.29, 1.82) is 0 Å². The molecular formula is C19H22N2O2. The summed E-state index contributed by atoms with van der Waals surface area (Å²) in [5.74, 6) is 0. The molecule has 0 spiro atoms. The number of anilines is 1. The first-order valence-electron chi connectivity index (χ1n) is 8.17. The number of non-ortho nitro benzene ring substituents is 1. The molecule has 0 saturated carbocycles. The second kappa shape index (κ2) is 6.41. The molecule has 1 aliphatic rings. The zero-order valence-corrected chi connectivity index (χ0v) is 13.7. The minimum atomic E-state index is -0.344. The molecule has 0 unspecified atom stereocenters. The Kier molecular flexibility index (Phi) is 4.33. The zero-order valence-electron chi connectivity index (χ0n) is 13.7. The summed E-state index contributed by atoms with van der Waals surface area (Å²) in [5.41, 5.74) is 5.80. The summed E-state index contributed by atoms with van der Waals surface area (Å²) in [6.07, 6.45) is 3.86. The van der Waals surface area contributed by atoms with Crippen LogP contribution in [0.2, 0.25) is 0 Å². The van der Waals surface area contributed by atoms with E-state index in [4.69, 9.17) is 0 Å². The minimum absolute atomic E-state index is 0.147. The van der Waals surface area contributed by atoms with Gasteiger partial charge in [-0.05, 0) is 73.6 Å². The summed E-state index contributed by atoms with van der Waals surface area (Å²) in [4.78, 5) is 13.0. The second-order valence-electron chi connectivity index (χ2n) is 6.30. The number of hydrogen-bond acceptors (Lipinski definition) is 3. The van der Waals surface area contributed by atoms with E-state index in [9.17, 15) is 10.1 Å². The van der Waals surface area contributed by atoms with Gasteiger partial charge in [0.2, 0.25) is 0 Å². The molecule has 4 nitrogen and oxygen atoms in total. The summed E-state index contributed by atoms with van der Waals surface area (Å²) >= 11 is 0. The Morgan fingerprint density at radius 2 is 1.52 bits per heavy atom. The van der Waals surface area contributed by atoms with Crippen LogP contribution in [0.25, 0.3) is 11.1 Å². The standard InChI is InChI=1S/C19H22N2O2/c1-14-12-16(20-10-4-3-5-11-20)6-8-18(14)19-9-7-17(21(22)23)13-15(19)2/h6-9,12-13H,3-5,10-11H2,1-2H3. The molecule has 0 bridgehead atoms. The van der Waals surface area contributed by atoms with Gasteiger partial charge < -0.3 is 4.90 Å². The van der Waals surface area contributed by atoms with Crippen molar-refractivity contribution in [3.05, 3.63) is 57.6 Å². The molecule has 4 heteroatoms. The van der Waals surface area contributed by atoms with Crippen LogP contribution in [-0.4, -0.2) is 18.0 Å². The van der Waals surface area contributed by atoms with Gasteiger partial charge in [-0.2, -0.15) is 0 Å². The maximum absolute atomic E-state index is 10.9. The molecule has 0 aliphatic carbocycles. The number of nitro groups is 1. The lowest BCUT2D eigenvalue weighted by Crippen LogP contribution is -2.29. The third kappa shape index (κ3) is 3.21. The number of piperidine rings is 1. The first-order chi connectivity index (χ1) is 11.1. The lowest BCUT2D eigenvalue weighted by atomic mass is 9.95. The molecule has 1 aliphatic heterocycles. The number of hydrogen-bond donors (Lipinski definition) is 0. The smallest absolute Gasteiger partial charge is 0.269 e. The largest absolute Gasteiger partial charge is 0.372 e. The van der Waals surface area contributed by atoms with E-state index in [1.807, 2.05) is 13.0 Å². The monoisotopic (exact) mass is 310 g/mol. The van der Waals surface area contributed by atoms with Gasteiger partial charge in [0, 0.05) is 30.9 Å². The average molecular weight is 310 g/mol. The van der Waals surface area contributed by atoms with Crippen LogP contribution >= 0.6 is 0 Å². The summed E-state index contributed by atoms with van der Waals surface area (Å²) in [7, 11) is 0. The molecular weight excluding hydrogens is 288 g/mol. The molecule has 2 aromatic carbocycles. The van der Waals surface area contributed by atoms with Crippen molar-refractivity contribution in [2.24, 2.45) is 0 Å². The van der Waals surface area contributed by atoms with Crippen molar-refractivity contribution < 1.29 is 4.92 Å². The first kappa shape index (κ1) is 15.5. The van der Waals surface area contributed by atoms with E-state index < -0.39 is 0 Å². The van der Waals surface area contributed by atoms with E-state index in [1.165, 1.54) is 30.5 Å². The van der Waals surface area contributed by atoms with Crippen molar-refractivity contribution in [3.63, 3.8) is 0 Å². The molecule has 0 N–H and O–H groups in total. The van der Waals surface area contributed by atoms with Gasteiger partial charge >= 0.3 is 0 Å². The van der Waals surface area contributed by atoms with Crippen LogP contribution in [-0.2, 0) is 0 Å². The lowest BCUT2D eigenvalue weighted by Gasteiger charge is -2.29. The van der Waals surface area contributed by atoms with Gasteiger partial charge in [0.1, 0.15) is 0 Å². The second-order valence-corrected chi connectivity index (χ2v) is 6.30. The van der Waals surface area contributed by atoms with Crippen molar-refractivity contribution in [3.8, 4) is 11.1 Å². The summed E-state index contributed by atoms with van der Waals surface area (Å²) < 4.78 is 0. The molecule has 0 amide bonds. The number of aryl methyl sites for hydroxylation is 2. The fourth-order valence-corrected chi connectivity index (χ4v) is 3.36. The van der Waals surface area contributed by atoms with Gasteiger partial charge in [-0.1, -0.05) is 6.07 Å². The maximum Gasteiger partial charge on any atom is 0.269 e. The quantitative estimate of drug-likeness (QED) is 0.600. The van der Waals surface area contributed by atoms with E-state index in [-0.39, 0.29) is 10.6 Å². The summed E-state index contributed by atoms with van der Waals surface area (Å²) in [5, 5.41) is 10.9. The Labute approximate surface area is 136 Å². The highest BCUT2D eigenvalue weighted by atomic mass is 16.6. The number of rotatable bonds is 3. The van der Waals surface area contributed by atoms with Crippen LogP contribution in [0.3, 0.4) is 0 Å². The first-order valence-corrected chi connectivity index (χ1v) is 8.17. The van der Waals surface area contributed by atoms with E-state index in [0.29, 0.717) is 0 Å². The predicted molar refractivity (Wildman–Crippen MR) is 94.1 cm³/mol. The highest BCUT2D eigenvalue weighted by Gasteiger charge is 2.14. The third-order valence-corrected chi connectivity index (χ3v) is 4.64. The van der Waals surface area contributed by atoms with Crippen LogP contribution in [0.5, 0.6) is 0 Å². The summed E-state index contributed by atoms with van der Waals surface area (Å²) in [6.45, 7) is 6.31. The van der Waals surface area contributed by atoms with Crippen LogP contribution in [0.15, 0.2) is 36.4 Å². The average Bonchev–Trinajstić information content (AvgIpc) is 2.56. The fraction of sp³-hybridized carbons (Fsp3) is 0.368. The molecule has 120 valence electrons. The Morgan fingerprint density at radius 3 is 2.09 bits per heavy atom. The van der Waals surface area contributed by atoms with Crippen LogP contribution < -0.4 is 4.90 Å². The van der Waals surface area contributed by atoms with E-state index in [1.54, 1.807) is 12.1 Å². The topological polar surface area (TPSA) is 46.4 Å². The number of nitrogens with zero attached hydrogens (tertiary/aromatic N) is 2. The van der Waals surface area contributed by atoms with Crippen LogP contribution in [0.1, 0.15) is 30.4 Å². The summed E-state index contributed by atoms with van der Waals surface area (Å²) in [6, 6.07) is 11.6. The van der Waals surface area contributed by atoms with E-state index in [2.05, 4.69) is 30.0 Å². The third-order valence-electron chi connectivity index (χ3n) is 4.64. The molecule has 0 aromatic heterocycles. The molecule has 0 radical (unpaired) electrons.